The zero-order valence-electron chi connectivity index (χ0n) is 12.6. The lowest BCUT2D eigenvalue weighted by Crippen LogP contribution is -2.30. The van der Waals surface area contributed by atoms with Gasteiger partial charge in [0.2, 0.25) is 0 Å². The number of methoxy groups -OCH3 is 1. The molecule has 0 aliphatic heterocycles. The lowest BCUT2D eigenvalue weighted by Gasteiger charge is -2.17. The van der Waals surface area contributed by atoms with Gasteiger partial charge in [-0.1, -0.05) is 12.1 Å². The Morgan fingerprint density at radius 3 is 2.23 bits per heavy atom. The SMILES string of the molecule is COc1ccc(CN(C)C(=O)COc2ccc(F)cc2)cc1. The van der Waals surface area contributed by atoms with E-state index in [0.29, 0.717) is 12.3 Å². The number of carbonyl (C=O) groups is 1. The van der Waals surface area contributed by atoms with Gasteiger partial charge in [-0.15, -0.1) is 0 Å². The summed E-state index contributed by atoms with van der Waals surface area (Å²) in [6.07, 6.45) is 0. The number of amides is 1. The van der Waals surface area contributed by atoms with E-state index in [1.54, 1.807) is 19.1 Å². The molecule has 22 heavy (non-hydrogen) atoms. The monoisotopic (exact) mass is 303 g/mol. The second kappa shape index (κ2) is 7.45. The van der Waals surface area contributed by atoms with Crippen LogP contribution in [0.5, 0.6) is 11.5 Å². The molecular weight excluding hydrogens is 285 g/mol. The van der Waals surface area contributed by atoms with Crippen molar-refractivity contribution in [3.05, 3.63) is 59.9 Å². The molecule has 0 aliphatic rings. The van der Waals surface area contributed by atoms with Crippen LogP contribution in [0.3, 0.4) is 0 Å². The van der Waals surface area contributed by atoms with E-state index in [1.807, 2.05) is 24.3 Å². The highest BCUT2D eigenvalue weighted by atomic mass is 19.1. The summed E-state index contributed by atoms with van der Waals surface area (Å²) in [5, 5.41) is 0. The Hall–Kier alpha value is -2.56. The van der Waals surface area contributed by atoms with E-state index in [0.717, 1.165) is 11.3 Å². The molecular formula is C17H18FNO3. The van der Waals surface area contributed by atoms with Crippen molar-refractivity contribution in [3.63, 3.8) is 0 Å². The Balaban J connectivity index is 1.84. The summed E-state index contributed by atoms with van der Waals surface area (Å²) >= 11 is 0. The van der Waals surface area contributed by atoms with Crippen molar-refractivity contribution in [1.29, 1.82) is 0 Å². The third-order valence-corrected chi connectivity index (χ3v) is 3.18. The molecule has 0 radical (unpaired) electrons. The maximum atomic E-state index is 12.8. The number of carbonyl (C=O) groups excluding carboxylic acids is 1. The zero-order valence-corrected chi connectivity index (χ0v) is 12.6. The Kier molecular flexibility index (Phi) is 5.36. The molecule has 2 aromatic rings. The minimum atomic E-state index is -0.338. The Morgan fingerprint density at radius 1 is 1.05 bits per heavy atom. The van der Waals surface area contributed by atoms with Gasteiger partial charge < -0.3 is 14.4 Å². The molecule has 0 unspecified atom stereocenters. The molecule has 0 N–H and O–H groups in total. The van der Waals surface area contributed by atoms with Crippen molar-refractivity contribution in [3.8, 4) is 11.5 Å². The summed E-state index contributed by atoms with van der Waals surface area (Å²) in [7, 11) is 3.32. The molecule has 0 fully saturated rings. The molecule has 0 bridgehead atoms. The van der Waals surface area contributed by atoms with Gasteiger partial charge in [0.15, 0.2) is 6.61 Å². The first kappa shape index (κ1) is 15.8. The molecule has 2 aromatic carbocycles. The molecule has 4 nitrogen and oxygen atoms in total. The molecule has 116 valence electrons. The predicted octanol–water partition coefficient (Wildman–Crippen LogP) is 2.87. The lowest BCUT2D eigenvalue weighted by atomic mass is 10.2. The van der Waals surface area contributed by atoms with Crippen LogP contribution in [0.4, 0.5) is 4.39 Å². The maximum Gasteiger partial charge on any atom is 0.260 e. The smallest absolute Gasteiger partial charge is 0.260 e. The number of likely N-dealkylation sites (N-methyl/N-ethyl adjacent to an activating group) is 1. The average molecular weight is 303 g/mol. The van der Waals surface area contributed by atoms with Crippen LogP contribution in [0.25, 0.3) is 0 Å². The van der Waals surface area contributed by atoms with Crippen LogP contribution >= 0.6 is 0 Å². The zero-order chi connectivity index (χ0) is 15.9. The fourth-order valence-electron chi connectivity index (χ4n) is 1.88. The lowest BCUT2D eigenvalue weighted by molar-refractivity contribution is -0.132. The molecule has 0 saturated heterocycles. The average Bonchev–Trinajstić information content (AvgIpc) is 2.54. The van der Waals surface area contributed by atoms with Crippen molar-refractivity contribution in [2.24, 2.45) is 0 Å². The molecule has 2 rings (SSSR count). The van der Waals surface area contributed by atoms with Gasteiger partial charge >= 0.3 is 0 Å². The van der Waals surface area contributed by atoms with Gasteiger partial charge in [-0.25, -0.2) is 4.39 Å². The highest BCUT2D eigenvalue weighted by Crippen LogP contribution is 2.13. The molecule has 5 heteroatoms. The van der Waals surface area contributed by atoms with Crippen molar-refractivity contribution >= 4 is 5.91 Å². The molecule has 1 amide bonds. The van der Waals surface area contributed by atoms with Crippen LogP contribution in [-0.2, 0) is 11.3 Å². The maximum absolute atomic E-state index is 12.8. The number of hydrogen-bond donors (Lipinski definition) is 0. The highest BCUT2D eigenvalue weighted by Gasteiger charge is 2.10. The van der Waals surface area contributed by atoms with Gasteiger partial charge in [-0.05, 0) is 42.0 Å². The highest BCUT2D eigenvalue weighted by molar-refractivity contribution is 5.77. The summed E-state index contributed by atoms with van der Waals surface area (Å²) in [6.45, 7) is 0.397. The minimum absolute atomic E-state index is 0.0850. The fourth-order valence-corrected chi connectivity index (χ4v) is 1.88. The van der Waals surface area contributed by atoms with E-state index < -0.39 is 0 Å². The number of nitrogens with zero attached hydrogens (tertiary/aromatic N) is 1. The normalized spacial score (nSPS) is 10.1. The van der Waals surface area contributed by atoms with Gasteiger partial charge in [0.1, 0.15) is 17.3 Å². The van der Waals surface area contributed by atoms with Crippen LogP contribution in [0.1, 0.15) is 5.56 Å². The number of halogens is 1. The number of rotatable bonds is 6. The molecule has 0 aromatic heterocycles. The quantitative estimate of drug-likeness (QED) is 0.823. The van der Waals surface area contributed by atoms with Gasteiger partial charge in [0.25, 0.3) is 5.91 Å². The Morgan fingerprint density at radius 2 is 1.64 bits per heavy atom. The van der Waals surface area contributed by atoms with Crippen LogP contribution in [0.2, 0.25) is 0 Å². The number of benzene rings is 2. The van der Waals surface area contributed by atoms with Crippen LogP contribution < -0.4 is 9.47 Å². The van der Waals surface area contributed by atoms with E-state index in [9.17, 15) is 9.18 Å². The van der Waals surface area contributed by atoms with E-state index in [1.165, 1.54) is 24.3 Å². The van der Waals surface area contributed by atoms with Crippen molar-refractivity contribution in [1.82, 2.24) is 4.90 Å². The standard InChI is InChI=1S/C17H18FNO3/c1-19(11-13-3-7-15(21-2)8-4-13)17(20)12-22-16-9-5-14(18)6-10-16/h3-10H,11-12H2,1-2H3. The summed E-state index contributed by atoms with van der Waals surface area (Å²) in [5.41, 5.74) is 0.999. The summed E-state index contributed by atoms with van der Waals surface area (Å²) in [6, 6.07) is 13.1. The second-order valence-electron chi connectivity index (χ2n) is 4.84. The van der Waals surface area contributed by atoms with Gasteiger partial charge in [0.05, 0.1) is 7.11 Å². The first-order chi connectivity index (χ1) is 10.6. The minimum Gasteiger partial charge on any atom is -0.497 e. The van der Waals surface area contributed by atoms with Crippen LogP contribution in [-0.4, -0.2) is 31.6 Å². The number of ether oxygens (including phenoxy) is 2. The second-order valence-corrected chi connectivity index (χ2v) is 4.84. The van der Waals surface area contributed by atoms with E-state index >= 15 is 0 Å². The van der Waals surface area contributed by atoms with Crippen molar-refractivity contribution < 1.29 is 18.7 Å². The molecule has 0 saturated carbocycles. The number of hydrogen-bond acceptors (Lipinski definition) is 3. The van der Waals surface area contributed by atoms with Gasteiger partial charge in [-0.3, -0.25) is 4.79 Å². The van der Waals surface area contributed by atoms with E-state index in [-0.39, 0.29) is 18.3 Å². The van der Waals surface area contributed by atoms with Crippen LogP contribution in [0, 0.1) is 5.82 Å². The Bertz CT molecular complexity index is 611. The fraction of sp³-hybridized carbons (Fsp3) is 0.235. The topological polar surface area (TPSA) is 38.8 Å². The summed E-state index contributed by atoms with van der Waals surface area (Å²) in [4.78, 5) is 13.6. The molecule has 0 heterocycles. The molecule has 0 atom stereocenters. The summed E-state index contributed by atoms with van der Waals surface area (Å²) in [5.74, 6) is 0.750. The Labute approximate surface area is 129 Å². The van der Waals surface area contributed by atoms with Crippen LogP contribution in [0.15, 0.2) is 48.5 Å². The van der Waals surface area contributed by atoms with Gasteiger partial charge in [-0.2, -0.15) is 0 Å². The predicted molar refractivity (Wildman–Crippen MR) is 81.4 cm³/mol. The van der Waals surface area contributed by atoms with Crippen molar-refractivity contribution in [2.75, 3.05) is 20.8 Å². The van der Waals surface area contributed by atoms with Gasteiger partial charge in [0, 0.05) is 13.6 Å². The first-order valence-electron chi connectivity index (χ1n) is 6.84. The third kappa shape index (κ3) is 4.48. The molecule has 0 aliphatic carbocycles. The van der Waals surface area contributed by atoms with E-state index in [2.05, 4.69) is 0 Å². The molecule has 0 spiro atoms. The van der Waals surface area contributed by atoms with Crippen molar-refractivity contribution in [2.45, 2.75) is 6.54 Å². The first-order valence-corrected chi connectivity index (χ1v) is 6.84. The summed E-state index contributed by atoms with van der Waals surface area (Å²) < 4.78 is 23.2. The largest absolute Gasteiger partial charge is 0.497 e. The van der Waals surface area contributed by atoms with E-state index in [4.69, 9.17) is 9.47 Å². The third-order valence-electron chi connectivity index (χ3n) is 3.18.